The van der Waals surface area contributed by atoms with Crippen LogP contribution in [0.1, 0.15) is 93.0 Å². The van der Waals surface area contributed by atoms with Crippen LogP contribution >= 0.6 is 23.4 Å². The standard InChI is InChI=1S/C22H27ClFN5O3S.C6H12N2.2C2H6/c1-22(2,3)32-21(31)28-12-7-8-13(28)10-27(9-12)18-14-16(25-20(26-18)33-4)15(24)17(23)29(19(14)30)11-5-6-11;1-2-6-4-7-3-5(1)8-6;2*1-2/h11-13H,5-10H2,1-4H3;5-8H,1-4H2;2*1-2H3. The number of anilines is 1. The molecule has 1 amide bonds. The van der Waals surface area contributed by atoms with Gasteiger partial charge in [-0.2, -0.15) is 0 Å². The maximum atomic E-state index is 15.3. The van der Waals surface area contributed by atoms with E-state index in [0.717, 1.165) is 37.8 Å². The van der Waals surface area contributed by atoms with Crippen LogP contribution in [0.3, 0.4) is 0 Å². The number of carbonyl (C=O) groups excluding carboxylic acids is 1. The third-order valence-corrected chi connectivity index (χ3v) is 9.40. The summed E-state index contributed by atoms with van der Waals surface area (Å²) in [5, 5.41) is 7.25. The lowest BCUT2D eigenvalue weighted by Crippen LogP contribution is -2.57. The first-order chi connectivity index (χ1) is 21.5. The summed E-state index contributed by atoms with van der Waals surface area (Å²) in [6.07, 6.45) is 7.53. The van der Waals surface area contributed by atoms with E-state index in [4.69, 9.17) is 16.3 Å². The number of rotatable bonds is 3. The molecule has 2 N–H and O–H groups in total. The predicted molar refractivity (Wildman–Crippen MR) is 181 cm³/mol. The highest BCUT2D eigenvalue weighted by Crippen LogP contribution is 2.40. The number of pyridine rings is 1. The van der Waals surface area contributed by atoms with Gasteiger partial charge in [-0.05, 0) is 65.6 Å². The van der Waals surface area contributed by atoms with E-state index < -0.39 is 11.4 Å². The van der Waals surface area contributed by atoms with E-state index >= 15 is 4.39 Å². The molecule has 1 saturated carbocycles. The number of aromatic nitrogens is 3. The van der Waals surface area contributed by atoms with Gasteiger partial charge in [0.25, 0.3) is 5.56 Å². The van der Waals surface area contributed by atoms with Crippen LogP contribution in [-0.2, 0) is 4.74 Å². The summed E-state index contributed by atoms with van der Waals surface area (Å²) in [6, 6.07) is 1.38. The molecule has 4 saturated heterocycles. The van der Waals surface area contributed by atoms with Crippen molar-refractivity contribution in [2.45, 2.75) is 128 Å². The van der Waals surface area contributed by atoms with Gasteiger partial charge in [0.2, 0.25) is 0 Å². The molecule has 13 heteroatoms. The third-order valence-electron chi connectivity index (χ3n) is 8.50. The third kappa shape index (κ3) is 7.88. The molecule has 5 aliphatic rings. The predicted octanol–water partition coefficient (Wildman–Crippen LogP) is 5.99. The van der Waals surface area contributed by atoms with Crippen molar-refractivity contribution in [1.82, 2.24) is 30.1 Å². The monoisotopic (exact) mass is 667 g/mol. The van der Waals surface area contributed by atoms with Crippen molar-refractivity contribution < 1.29 is 13.9 Å². The van der Waals surface area contributed by atoms with Crippen molar-refractivity contribution in [2.24, 2.45) is 0 Å². The minimum atomic E-state index is -0.688. The molecule has 4 unspecified atom stereocenters. The molecule has 0 radical (unpaired) electrons. The number of nitrogens with zero attached hydrogens (tertiary/aromatic N) is 5. The van der Waals surface area contributed by atoms with Gasteiger partial charge in [-0.15, -0.1) is 0 Å². The fourth-order valence-corrected chi connectivity index (χ4v) is 7.19. The normalized spacial score (nSPS) is 25.0. The number of hydrogen-bond donors (Lipinski definition) is 2. The molecule has 5 fully saturated rings. The number of thioether (sulfide) groups is 1. The van der Waals surface area contributed by atoms with Gasteiger partial charge >= 0.3 is 6.09 Å². The first kappa shape index (κ1) is 35.7. The topological polar surface area (TPSA) is 105 Å². The minimum absolute atomic E-state index is 0.0434. The highest BCUT2D eigenvalue weighted by atomic mass is 35.5. The van der Waals surface area contributed by atoms with Crippen molar-refractivity contribution in [1.29, 1.82) is 0 Å². The molecule has 6 heterocycles. The van der Waals surface area contributed by atoms with E-state index in [1.54, 1.807) is 6.26 Å². The van der Waals surface area contributed by atoms with Crippen LogP contribution in [0.25, 0.3) is 10.9 Å². The molecule has 7 rings (SSSR count). The van der Waals surface area contributed by atoms with Gasteiger partial charge in [-0.25, -0.2) is 19.2 Å². The molecule has 10 nitrogen and oxygen atoms in total. The molecule has 4 bridgehead atoms. The van der Waals surface area contributed by atoms with Crippen LogP contribution in [0.4, 0.5) is 15.0 Å². The number of halogens is 2. The molecule has 4 aliphatic heterocycles. The average molecular weight is 668 g/mol. The number of hydrogen-bond acceptors (Lipinski definition) is 9. The first-order valence-electron chi connectivity index (χ1n) is 16.6. The number of carbonyl (C=O) groups is 1. The largest absolute Gasteiger partial charge is 0.444 e. The summed E-state index contributed by atoms with van der Waals surface area (Å²) in [5.41, 5.74) is -0.976. The van der Waals surface area contributed by atoms with Gasteiger partial charge in [-0.1, -0.05) is 51.1 Å². The molecule has 252 valence electrons. The van der Waals surface area contributed by atoms with Crippen LogP contribution in [0.2, 0.25) is 5.15 Å². The summed E-state index contributed by atoms with van der Waals surface area (Å²) in [4.78, 5) is 39.1. The van der Waals surface area contributed by atoms with Crippen molar-refractivity contribution in [2.75, 3.05) is 37.3 Å². The average Bonchev–Trinajstić information content (AvgIpc) is 3.76. The lowest BCUT2D eigenvalue weighted by molar-refractivity contribution is 0.0123. The first-order valence-corrected chi connectivity index (χ1v) is 18.2. The van der Waals surface area contributed by atoms with Crippen molar-refractivity contribution in [3.05, 3.63) is 21.3 Å². The van der Waals surface area contributed by atoms with E-state index in [1.807, 2.05) is 58.3 Å². The van der Waals surface area contributed by atoms with Crippen LogP contribution in [0.15, 0.2) is 9.95 Å². The fraction of sp³-hybridized carbons (Fsp3) is 0.750. The highest BCUT2D eigenvalue weighted by molar-refractivity contribution is 7.98. The van der Waals surface area contributed by atoms with Crippen molar-refractivity contribution in [3.63, 3.8) is 0 Å². The van der Waals surface area contributed by atoms with E-state index in [1.165, 1.54) is 42.3 Å². The molecule has 0 spiro atoms. The lowest BCUT2D eigenvalue weighted by atomic mass is 10.1. The van der Waals surface area contributed by atoms with E-state index in [9.17, 15) is 9.59 Å². The molecule has 4 atom stereocenters. The maximum absolute atomic E-state index is 15.3. The van der Waals surface area contributed by atoms with Gasteiger partial charge in [-0.3, -0.25) is 14.3 Å². The van der Waals surface area contributed by atoms with Gasteiger partial charge in [0.15, 0.2) is 16.1 Å². The Kier molecular flexibility index (Phi) is 12.0. The Morgan fingerprint density at radius 1 is 0.956 bits per heavy atom. The molecular weight excluding hydrogens is 617 g/mol. The van der Waals surface area contributed by atoms with Crippen LogP contribution in [0, 0.1) is 5.82 Å². The Morgan fingerprint density at radius 2 is 1.51 bits per heavy atom. The van der Waals surface area contributed by atoms with Crippen LogP contribution < -0.4 is 21.1 Å². The van der Waals surface area contributed by atoms with E-state index in [2.05, 4.69) is 20.6 Å². The molecule has 0 aromatic carbocycles. The lowest BCUT2D eigenvalue weighted by Gasteiger charge is -2.42. The summed E-state index contributed by atoms with van der Waals surface area (Å²) in [6.45, 7) is 16.9. The number of fused-ring (bicyclic) bond motifs is 5. The SMILES string of the molecule is C1CC2CNCC1N2.CC.CC.CSc1nc(N2CC3CCC(C2)N3C(=O)OC(C)(C)C)c2c(=O)n(C3CC3)c(Cl)c(F)c2n1. The van der Waals surface area contributed by atoms with Crippen molar-refractivity contribution >= 4 is 46.2 Å². The quantitative estimate of drug-likeness (QED) is 0.232. The second-order valence-electron chi connectivity index (χ2n) is 12.7. The Bertz CT molecular complexity index is 1370. The van der Waals surface area contributed by atoms with Gasteiger partial charge in [0.05, 0.1) is 12.1 Å². The number of ether oxygens (including phenoxy) is 1. The Morgan fingerprint density at radius 3 is 2.00 bits per heavy atom. The van der Waals surface area contributed by atoms with E-state index in [-0.39, 0.29) is 45.8 Å². The highest BCUT2D eigenvalue weighted by Gasteiger charge is 2.45. The minimum Gasteiger partial charge on any atom is -0.444 e. The molecular formula is C32H51ClFN7O3S. The van der Waals surface area contributed by atoms with Gasteiger partial charge < -0.3 is 20.3 Å². The number of nitrogens with one attached hydrogen (secondary N) is 2. The van der Waals surface area contributed by atoms with Crippen LogP contribution in [-0.4, -0.2) is 87.7 Å². The maximum Gasteiger partial charge on any atom is 0.410 e. The zero-order valence-electron chi connectivity index (χ0n) is 28.1. The van der Waals surface area contributed by atoms with Crippen molar-refractivity contribution in [3.8, 4) is 0 Å². The number of piperazine rings is 2. The molecule has 2 aromatic rings. The Balaban J connectivity index is 0.000000324. The summed E-state index contributed by atoms with van der Waals surface area (Å²) in [5.74, 6) is -0.271. The summed E-state index contributed by atoms with van der Waals surface area (Å²) >= 11 is 7.54. The van der Waals surface area contributed by atoms with Gasteiger partial charge in [0.1, 0.15) is 22.3 Å². The Labute approximate surface area is 276 Å². The Hall–Kier alpha value is -2.15. The zero-order chi connectivity index (χ0) is 33.1. The molecule has 1 aliphatic carbocycles. The molecule has 45 heavy (non-hydrogen) atoms. The summed E-state index contributed by atoms with van der Waals surface area (Å²) in [7, 11) is 0. The number of amides is 1. The smallest absolute Gasteiger partial charge is 0.410 e. The van der Waals surface area contributed by atoms with Gasteiger partial charge in [0, 0.05) is 44.3 Å². The van der Waals surface area contributed by atoms with Crippen LogP contribution in [0.5, 0.6) is 0 Å². The summed E-state index contributed by atoms with van der Waals surface area (Å²) < 4.78 is 22.3. The second-order valence-corrected chi connectivity index (χ2v) is 13.9. The fourth-order valence-electron chi connectivity index (χ4n) is 6.52. The molecule has 2 aromatic heterocycles. The zero-order valence-corrected chi connectivity index (χ0v) is 29.7. The van der Waals surface area contributed by atoms with E-state index in [0.29, 0.717) is 24.1 Å². The second kappa shape index (κ2) is 15.2.